The molecule has 1 aromatic rings. The summed E-state index contributed by atoms with van der Waals surface area (Å²) < 4.78 is 5.11. The third-order valence-electron chi connectivity index (χ3n) is 5.34. The molecule has 6 heteroatoms. The SMILES string of the molecule is CNC(=O)c1ccc(NC(=O)COC(=O)C[C@H]2C[C@H]3CC[C@@H]2C3)cc1. The highest BCUT2D eigenvalue weighted by Crippen LogP contribution is 2.49. The molecular weight excluding hydrogens is 320 g/mol. The van der Waals surface area contributed by atoms with Gasteiger partial charge in [0.2, 0.25) is 0 Å². The van der Waals surface area contributed by atoms with Gasteiger partial charge in [-0.25, -0.2) is 0 Å². The van der Waals surface area contributed by atoms with E-state index in [1.165, 1.54) is 19.3 Å². The van der Waals surface area contributed by atoms with Crippen LogP contribution in [0.15, 0.2) is 24.3 Å². The van der Waals surface area contributed by atoms with Crippen LogP contribution in [-0.4, -0.2) is 31.4 Å². The number of carbonyl (C=O) groups is 3. The second kappa shape index (κ2) is 7.68. The van der Waals surface area contributed by atoms with E-state index in [1.807, 2.05) is 0 Å². The first-order valence-corrected chi connectivity index (χ1v) is 8.82. The maximum atomic E-state index is 11.9. The summed E-state index contributed by atoms with van der Waals surface area (Å²) in [6, 6.07) is 6.52. The van der Waals surface area contributed by atoms with Crippen LogP contribution in [0.5, 0.6) is 0 Å². The number of hydrogen-bond acceptors (Lipinski definition) is 4. The molecule has 2 bridgehead atoms. The van der Waals surface area contributed by atoms with Gasteiger partial charge in [0.05, 0.1) is 0 Å². The van der Waals surface area contributed by atoms with E-state index in [9.17, 15) is 14.4 Å². The molecule has 2 N–H and O–H groups in total. The summed E-state index contributed by atoms with van der Waals surface area (Å²) in [7, 11) is 1.56. The quantitative estimate of drug-likeness (QED) is 0.776. The Hall–Kier alpha value is -2.37. The first-order chi connectivity index (χ1) is 12.0. The highest BCUT2D eigenvalue weighted by Gasteiger charge is 2.40. The number of anilines is 1. The maximum Gasteiger partial charge on any atom is 0.306 e. The van der Waals surface area contributed by atoms with Gasteiger partial charge in [-0.3, -0.25) is 14.4 Å². The van der Waals surface area contributed by atoms with Crippen LogP contribution in [0.3, 0.4) is 0 Å². The Balaban J connectivity index is 1.40. The number of esters is 1. The van der Waals surface area contributed by atoms with Gasteiger partial charge in [0.15, 0.2) is 6.61 Å². The fourth-order valence-corrected chi connectivity index (χ4v) is 4.09. The maximum absolute atomic E-state index is 11.9. The number of nitrogens with one attached hydrogen (secondary N) is 2. The number of benzene rings is 1. The Kier molecular flexibility index (Phi) is 5.36. The molecule has 6 nitrogen and oxygen atoms in total. The molecule has 25 heavy (non-hydrogen) atoms. The first-order valence-electron chi connectivity index (χ1n) is 8.82. The molecule has 2 saturated carbocycles. The molecule has 0 aliphatic heterocycles. The number of hydrogen-bond donors (Lipinski definition) is 2. The van der Waals surface area contributed by atoms with Gasteiger partial charge in [0, 0.05) is 24.7 Å². The highest BCUT2D eigenvalue weighted by atomic mass is 16.5. The topological polar surface area (TPSA) is 84.5 Å². The van der Waals surface area contributed by atoms with Crippen molar-refractivity contribution < 1.29 is 19.1 Å². The molecule has 3 atom stereocenters. The summed E-state index contributed by atoms with van der Waals surface area (Å²) in [5.41, 5.74) is 1.07. The third-order valence-corrected chi connectivity index (χ3v) is 5.34. The molecule has 1 aromatic carbocycles. The summed E-state index contributed by atoms with van der Waals surface area (Å²) in [4.78, 5) is 35.3. The van der Waals surface area contributed by atoms with Gasteiger partial charge in [-0.1, -0.05) is 6.42 Å². The molecule has 2 aliphatic rings. The number of fused-ring (bicyclic) bond motifs is 2. The number of ether oxygens (including phenoxy) is 1. The van der Waals surface area contributed by atoms with Crippen molar-refractivity contribution in [3.05, 3.63) is 29.8 Å². The van der Waals surface area contributed by atoms with Crippen LogP contribution in [0, 0.1) is 17.8 Å². The molecule has 0 unspecified atom stereocenters. The van der Waals surface area contributed by atoms with Gasteiger partial charge in [0.1, 0.15) is 0 Å². The molecule has 3 rings (SSSR count). The first kappa shape index (κ1) is 17.5. The zero-order valence-corrected chi connectivity index (χ0v) is 14.4. The summed E-state index contributed by atoms with van der Waals surface area (Å²) in [5, 5.41) is 5.18. The van der Waals surface area contributed by atoms with E-state index in [2.05, 4.69) is 10.6 Å². The van der Waals surface area contributed by atoms with Gasteiger partial charge in [-0.15, -0.1) is 0 Å². The smallest absolute Gasteiger partial charge is 0.306 e. The van der Waals surface area contributed by atoms with E-state index in [0.717, 1.165) is 12.3 Å². The van der Waals surface area contributed by atoms with Gasteiger partial charge in [0.25, 0.3) is 11.8 Å². The molecular formula is C19H24N2O4. The summed E-state index contributed by atoms with van der Waals surface area (Å²) in [6.07, 6.45) is 5.34. The molecule has 2 aliphatic carbocycles. The third kappa shape index (κ3) is 4.38. The second-order valence-electron chi connectivity index (χ2n) is 7.00. The molecule has 2 fully saturated rings. The molecule has 2 amide bonds. The van der Waals surface area contributed by atoms with E-state index >= 15 is 0 Å². The van der Waals surface area contributed by atoms with E-state index in [-0.39, 0.29) is 24.4 Å². The van der Waals surface area contributed by atoms with Crippen molar-refractivity contribution in [2.75, 3.05) is 19.0 Å². The minimum atomic E-state index is -0.381. The summed E-state index contributed by atoms with van der Waals surface area (Å²) >= 11 is 0. The van der Waals surface area contributed by atoms with Gasteiger partial charge in [-0.2, -0.15) is 0 Å². The van der Waals surface area contributed by atoms with E-state index in [4.69, 9.17) is 4.74 Å². The normalized spacial score (nSPS) is 24.0. The van der Waals surface area contributed by atoms with E-state index in [0.29, 0.717) is 29.5 Å². The minimum absolute atomic E-state index is 0.188. The Morgan fingerprint density at radius 1 is 1.12 bits per heavy atom. The fraction of sp³-hybridized carbons (Fsp3) is 0.526. The van der Waals surface area contributed by atoms with Crippen molar-refractivity contribution in [1.82, 2.24) is 5.32 Å². The molecule has 0 heterocycles. The Bertz CT molecular complexity index is 656. The molecule has 0 radical (unpaired) electrons. The van der Waals surface area contributed by atoms with Crippen LogP contribution in [0.4, 0.5) is 5.69 Å². The van der Waals surface area contributed by atoms with Crippen molar-refractivity contribution in [3.8, 4) is 0 Å². The van der Waals surface area contributed by atoms with Gasteiger partial charge in [-0.05, 0) is 61.3 Å². The Morgan fingerprint density at radius 2 is 1.88 bits per heavy atom. The fourth-order valence-electron chi connectivity index (χ4n) is 4.09. The lowest BCUT2D eigenvalue weighted by Gasteiger charge is -2.20. The number of rotatable bonds is 6. The van der Waals surface area contributed by atoms with Crippen molar-refractivity contribution >= 4 is 23.5 Å². The summed E-state index contributed by atoms with van der Waals surface area (Å²) in [6.45, 7) is -0.281. The van der Waals surface area contributed by atoms with Crippen molar-refractivity contribution in [2.45, 2.75) is 32.1 Å². The van der Waals surface area contributed by atoms with Crippen molar-refractivity contribution in [3.63, 3.8) is 0 Å². The van der Waals surface area contributed by atoms with Crippen LogP contribution < -0.4 is 10.6 Å². The highest BCUT2D eigenvalue weighted by molar-refractivity contribution is 5.96. The average Bonchev–Trinajstić information content (AvgIpc) is 3.23. The largest absolute Gasteiger partial charge is 0.456 e. The standard InChI is InChI=1S/C19H24N2O4/c1-20-19(24)13-4-6-16(7-5-13)21-17(22)11-25-18(23)10-15-9-12-2-3-14(15)8-12/h4-7,12,14-15H,2-3,8-11H2,1H3,(H,20,24)(H,21,22)/t12-,14+,15+/m0/s1. The minimum Gasteiger partial charge on any atom is -0.456 e. The zero-order valence-electron chi connectivity index (χ0n) is 14.4. The predicted octanol–water partition coefficient (Wildman–Crippen LogP) is 2.35. The molecule has 134 valence electrons. The monoisotopic (exact) mass is 344 g/mol. The van der Waals surface area contributed by atoms with Crippen LogP contribution in [0.25, 0.3) is 0 Å². The lowest BCUT2D eigenvalue weighted by atomic mass is 9.86. The van der Waals surface area contributed by atoms with Crippen LogP contribution in [0.1, 0.15) is 42.5 Å². The number of carbonyl (C=O) groups excluding carboxylic acids is 3. The lowest BCUT2D eigenvalue weighted by molar-refractivity contribution is -0.148. The Morgan fingerprint density at radius 3 is 2.48 bits per heavy atom. The number of amides is 2. The van der Waals surface area contributed by atoms with E-state index in [1.54, 1.807) is 31.3 Å². The summed E-state index contributed by atoms with van der Waals surface area (Å²) in [5.74, 6) is 1.05. The van der Waals surface area contributed by atoms with Crippen LogP contribution >= 0.6 is 0 Å². The predicted molar refractivity (Wildman–Crippen MR) is 93.0 cm³/mol. The average molecular weight is 344 g/mol. The Labute approximate surface area is 147 Å². The molecule has 0 spiro atoms. The molecule has 0 saturated heterocycles. The van der Waals surface area contributed by atoms with Crippen LogP contribution in [0.2, 0.25) is 0 Å². The lowest BCUT2D eigenvalue weighted by Crippen LogP contribution is -2.23. The van der Waals surface area contributed by atoms with Crippen molar-refractivity contribution in [2.24, 2.45) is 17.8 Å². The second-order valence-corrected chi connectivity index (χ2v) is 7.00. The molecule has 0 aromatic heterocycles. The van der Waals surface area contributed by atoms with Gasteiger partial charge >= 0.3 is 5.97 Å². The zero-order chi connectivity index (χ0) is 17.8. The van der Waals surface area contributed by atoms with E-state index < -0.39 is 0 Å². The van der Waals surface area contributed by atoms with Gasteiger partial charge < -0.3 is 15.4 Å². The van der Waals surface area contributed by atoms with Crippen LogP contribution in [-0.2, 0) is 14.3 Å². The van der Waals surface area contributed by atoms with Crippen molar-refractivity contribution in [1.29, 1.82) is 0 Å².